The van der Waals surface area contributed by atoms with Gasteiger partial charge in [0.05, 0.1) is 33.5 Å². The first-order valence-electron chi connectivity index (χ1n) is 10.6. The van der Waals surface area contributed by atoms with Crippen molar-refractivity contribution in [1.29, 1.82) is 0 Å². The molecule has 0 amide bonds. The number of ether oxygens (including phenoxy) is 4. The number of anilines is 2. The number of benzene rings is 3. The van der Waals surface area contributed by atoms with Gasteiger partial charge in [-0.25, -0.2) is 0 Å². The zero-order valence-corrected chi connectivity index (χ0v) is 20.7. The second kappa shape index (κ2) is 11.9. The summed E-state index contributed by atoms with van der Waals surface area (Å²) < 4.78 is 21.6. The number of allylic oxidation sites excluding steroid dienone is 1. The molecule has 0 bridgehead atoms. The van der Waals surface area contributed by atoms with Gasteiger partial charge in [-0.15, -0.1) is 0 Å². The van der Waals surface area contributed by atoms with Crippen LogP contribution in [0.15, 0.2) is 60.8 Å². The zero-order chi connectivity index (χ0) is 25.4. The molecule has 0 unspecified atom stereocenters. The molecule has 0 aliphatic heterocycles. The molecule has 3 rings (SSSR count). The molecule has 0 aliphatic carbocycles. The fraction of sp³-hybridized carbons (Fsp3) is 0.148. The van der Waals surface area contributed by atoms with Crippen LogP contribution in [0, 0.1) is 0 Å². The molecule has 0 spiro atoms. The third-order valence-electron chi connectivity index (χ3n) is 5.14. The van der Waals surface area contributed by atoms with Crippen molar-refractivity contribution in [3.05, 3.63) is 82.5 Å². The summed E-state index contributed by atoms with van der Waals surface area (Å²) in [5.74, 6) is 1.94. The van der Waals surface area contributed by atoms with Crippen molar-refractivity contribution in [2.45, 2.75) is 0 Å². The molecule has 182 valence electrons. The molecule has 0 aliphatic rings. The molecule has 35 heavy (non-hydrogen) atoms. The Labute approximate surface area is 209 Å². The first-order chi connectivity index (χ1) is 16.9. The molecular weight excluding hydrogens is 468 g/mol. The molecule has 0 saturated heterocycles. The van der Waals surface area contributed by atoms with E-state index in [9.17, 15) is 4.79 Å². The number of nitrogens with two attached hydrogens (primary N) is 1. The average Bonchev–Trinajstić information content (AvgIpc) is 2.87. The Bertz CT molecular complexity index is 1230. The van der Waals surface area contributed by atoms with Crippen LogP contribution >= 0.6 is 11.6 Å². The molecule has 3 aromatic carbocycles. The molecule has 7 nitrogen and oxygen atoms in total. The maximum atomic E-state index is 12.4. The summed E-state index contributed by atoms with van der Waals surface area (Å²) in [6, 6.07) is 13.9. The maximum absolute atomic E-state index is 12.4. The second-order valence-electron chi connectivity index (χ2n) is 7.33. The van der Waals surface area contributed by atoms with Gasteiger partial charge in [-0.05, 0) is 53.6 Å². The predicted octanol–water partition coefficient (Wildman–Crippen LogP) is 5.94. The minimum atomic E-state index is -0.159. The lowest BCUT2D eigenvalue weighted by Gasteiger charge is -2.13. The third-order valence-corrected chi connectivity index (χ3v) is 5.43. The molecule has 0 fully saturated rings. The Morgan fingerprint density at radius 1 is 0.857 bits per heavy atom. The summed E-state index contributed by atoms with van der Waals surface area (Å²) >= 11 is 6.37. The Morgan fingerprint density at radius 2 is 1.49 bits per heavy atom. The van der Waals surface area contributed by atoms with Crippen molar-refractivity contribution >= 4 is 40.9 Å². The fourth-order valence-electron chi connectivity index (χ4n) is 3.32. The standard InChI is InChI=1S/C27H27ClN2O5/c1-32-24-16-22(30-12-11-23(31)18-7-9-20(29)10-8-18)19(15-21(24)28)6-5-17-13-25(33-2)27(35-4)26(14-17)34-3/h5-16,30H,29H2,1-4H3. The number of halogens is 1. The topological polar surface area (TPSA) is 92.0 Å². The number of rotatable bonds is 10. The number of carbonyl (C=O) groups is 1. The summed E-state index contributed by atoms with van der Waals surface area (Å²) in [5, 5.41) is 3.59. The summed E-state index contributed by atoms with van der Waals surface area (Å²) in [6.07, 6.45) is 6.78. The Balaban J connectivity index is 1.90. The minimum Gasteiger partial charge on any atom is -0.495 e. The number of hydrogen-bond acceptors (Lipinski definition) is 7. The summed E-state index contributed by atoms with van der Waals surface area (Å²) in [7, 11) is 6.22. The van der Waals surface area contributed by atoms with E-state index < -0.39 is 0 Å². The Hall–Kier alpha value is -4.10. The number of hydrogen-bond donors (Lipinski definition) is 2. The molecule has 0 radical (unpaired) electrons. The number of ketones is 1. The van der Waals surface area contributed by atoms with Gasteiger partial charge in [0, 0.05) is 35.3 Å². The molecule has 8 heteroatoms. The van der Waals surface area contributed by atoms with Gasteiger partial charge in [0.15, 0.2) is 17.3 Å². The van der Waals surface area contributed by atoms with Gasteiger partial charge < -0.3 is 30.0 Å². The van der Waals surface area contributed by atoms with E-state index in [1.54, 1.807) is 63.9 Å². The van der Waals surface area contributed by atoms with Crippen LogP contribution in [0.2, 0.25) is 5.02 Å². The quantitative estimate of drug-likeness (QED) is 0.156. The molecule has 0 heterocycles. The van der Waals surface area contributed by atoms with Crippen LogP contribution in [0.5, 0.6) is 23.0 Å². The van der Waals surface area contributed by atoms with E-state index in [-0.39, 0.29) is 5.78 Å². The van der Waals surface area contributed by atoms with Gasteiger partial charge in [-0.1, -0.05) is 23.8 Å². The first kappa shape index (κ1) is 25.5. The predicted molar refractivity (Wildman–Crippen MR) is 141 cm³/mol. The van der Waals surface area contributed by atoms with Crippen LogP contribution in [0.4, 0.5) is 11.4 Å². The lowest BCUT2D eigenvalue weighted by atomic mass is 10.1. The van der Waals surface area contributed by atoms with Crippen molar-refractivity contribution in [3.8, 4) is 23.0 Å². The maximum Gasteiger partial charge on any atom is 0.203 e. The largest absolute Gasteiger partial charge is 0.495 e. The van der Waals surface area contributed by atoms with Crippen LogP contribution < -0.4 is 30.0 Å². The smallest absolute Gasteiger partial charge is 0.203 e. The van der Waals surface area contributed by atoms with E-state index in [2.05, 4.69) is 5.32 Å². The number of methoxy groups -OCH3 is 4. The zero-order valence-electron chi connectivity index (χ0n) is 19.9. The molecule has 0 atom stereocenters. The van der Waals surface area contributed by atoms with Gasteiger partial charge in [-0.2, -0.15) is 0 Å². The monoisotopic (exact) mass is 494 g/mol. The van der Waals surface area contributed by atoms with E-state index in [1.807, 2.05) is 24.3 Å². The highest BCUT2D eigenvalue weighted by Gasteiger charge is 2.13. The van der Waals surface area contributed by atoms with Crippen LogP contribution in [0.25, 0.3) is 12.2 Å². The van der Waals surface area contributed by atoms with Crippen LogP contribution in [-0.4, -0.2) is 34.2 Å². The highest BCUT2D eigenvalue weighted by molar-refractivity contribution is 6.32. The minimum absolute atomic E-state index is 0.159. The number of nitrogen functional groups attached to an aromatic ring is 1. The molecule has 3 aromatic rings. The van der Waals surface area contributed by atoms with E-state index in [0.717, 1.165) is 11.1 Å². The van der Waals surface area contributed by atoms with Gasteiger partial charge in [-0.3, -0.25) is 4.79 Å². The van der Waals surface area contributed by atoms with Crippen molar-refractivity contribution < 1.29 is 23.7 Å². The summed E-state index contributed by atoms with van der Waals surface area (Å²) in [4.78, 5) is 12.4. The molecule has 0 aromatic heterocycles. The van der Waals surface area contributed by atoms with Gasteiger partial charge in [0.25, 0.3) is 0 Å². The molecule has 0 saturated carbocycles. The fourth-order valence-corrected chi connectivity index (χ4v) is 3.57. The van der Waals surface area contributed by atoms with E-state index >= 15 is 0 Å². The van der Waals surface area contributed by atoms with Crippen molar-refractivity contribution in [1.82, 2.24) is 0 Å². The highest BCUT2D eigenvalue weighted by atomic mass is 35.5. The van der Waals surface area contributed by atoms with Crippen molar-refractivity contribution in [3.63, 3.8) is 0 Å². The number of carbonyl (C=O) groups excluding carboxylic acids is 1. The normalized spacial score (nSPS) is 11.0. The summed E-state index contributed by atoms with van der Waals surface area (Å²) in [6.45, 7) is 0. The van der Waals surface area contributed by atoms with Crippen LogP contribution in [0.1, 0.15) is 21.5 Å². The van der Waals surface area contributed by atoms with Crippen molar-refractivity contribution in [2.75, 3.05) is 39.5 Å². The Kier molecular flexibility index (Phi) is 8.64. The average molecular weight is 495 g/mol. The van der Waals surface area contributed by atoms with Gasteiger partial charge in [0.2, 0.25) is 5.75 Å². The van der Waals surface area contributed by atoms with E-state index in [0.29, 0.717) is 45.0 Å². The van der Waals surface area contributed by atoms with Crippen LogP contribution in [-0.2, 0) is 0 Å². The SMILES string of the molecule is COc1cc(NC=CC(=O)c2ccc(N)cc2)c(C=Cc2cc(OC)c(OC)c(OC)c2)cc1Cl. The highest BCUT2D eigenvalue weighted by Crippen LogP contribution is 2.39. The summed E-state index contributed by atoms with van der Waals surface area (Å²) in [5.41, 5.74) is 9.11. The Morgan fingerprint density at radius 3 is 2.06 bits per heavy atom. The van der Waals surface area contributed by atoms with Crippen molar-refractivity contribution in [2.24, 2.45) is 0 Å². The van der Waals surface area contributed by atoms with Crippen LogP contribution in [0.3, 0.4) is 0 Å². The van der Waals surface area contributed by atoms with Gasteiger partial charge >= 0.3 is 0 Å². The third kappa shape index (κ3) is 6.28. The number of nitrogens with one attached hydrogen (secondary N) is 1. The van der Waals surface area contributed by atoms with E-state index in [4.69, 9.17) is 36.3 Å². The molecule has 3 N–H and O–H groups in total. The molecular formula is C27H27ClN2O5. The lowest BCUT2D eigenvalue weighted by molar-refractivity contribution is 0.104. The second-order valence-corrected chi connectivity index (χ2v) is 7.74. The lowest BCUT2D eigenvalue weighted by Crippen LogP contribution is -1.98. The first-order valence-corrected chi connectivity index (χ1v) is 11.0. The van der Waals surface area contributed by atoms with E-state index in [1.165, 1.54) is 13.2 Å². The van der Waals surface area contributed by atoms with Gasteiger partial charge in [0.1, 0.15) is 5.75 Å².